The maximum absolute atomic E-state index is 13.3. The third-order valence-corrected chi connectivity index (χ3v) is 6.65. The minimum atomic E-state index is -4.25. The van der Waals surface area contributed by atoms with Crippen LogP contribution in [0, 0.1) is 18.8 Å². The van der Waals surface area contributed by atoms with Crippen molar-refractivity contribution in [1.82, 2.24) is 0 Å². The van der Waals surface area contributed by atoms with Gasteiger partial charge in [0.25, 0.3) is 0 Å². The summed E-state index contributed by atoms with van der Waals surface area (Å²) >= 11 is -0.765. The van der Waals surface area contributed by atoms with Crippen molar-refractivity contribution in [3.05, 3.63) is 97.6 Å². The van der Waals surface area contributed by atoms with Crippen molar-refractivity contribution >= 4 is 10.1 Å². The van der Waals surface area contributed by atoms with E-state index in [9.17, 15) is 21.8 Å². The molecule has 0 bridgehead atoms. The molecule has 3 rings (SSSR count). The highest BCUT2D eigenvalue weighted by Crippen LogP contribution is 2.05. The molecule has 0 heterocycles. The summed E-state index contributed by atoms with van der Waals surface area (Å²) in [6.45, 7) is 0. The molecular weight excluding hydrogens is 461 g/mol. The van der Waals surface area contributed by atoms with Crippen LogP contribution < -0.4 is 21.2 Å². The fraction of sp³-hybridized carbons (Fsp3) is 0. The molecule has 0 amide bonds. The first-order valence-corrected chi connectivity index (χ1v) is 10.6. The van der Waals surface area contributed by atoms with Crippen molar-refractivity contribution in [2.45, 2.75) is 4.90 Å². The van der Waals surface area contributed by atoms with E-state index in [1.165, 1.54) is 36.4 Å². The Morgan fingerprint density at radius 3 is 1.44 bits per heavy atom. The van der Waals surface area contributed by atoms with Gasteiger partial charge in [-0.25, -0.2) is 17.2 Å². The molecule has 0 aliphatic heterocycles. The van der Waals surface area contributed by atoms with Gasteiger partial charge in [-0.15, -0.1) is 0 Å². The molecule has 0 saturated heterocycles. The largest absolute Gasteiger partial charge is 0.744 e. The lowest BCUT2D eigenvalue weighted by Gasteiger charge is -2.04. The van der Waals surface area contributed by atoms with Crippen LogP contribution in [-0.4, -0.2) is 13.0 Å². The van der Waals surface area contributed by atoms with E-state index in [1.54, 1.807) is 42.5 Å². The van der Waals surface area contributed by atoms with Crippen LogP contribution in [0.1, 0.15) is 0 Å². The fourth-order valence-corrected chi connectivity index (χ4v) is 4.49. The van der Waals surface area contributed by atoms with Crippen LogP contribution >= 0.6 is 0 Å². The van der Waals surface area contributed by atoms with Gasteiger partial charge in [0.1, 0.15) is 10.1 Å². The molecule has 0 N–H and O–H groups in total. The van der Waals surface area contributed by atoms with Gasteiger partial charge in [-0.05, 0) is 36.4 Å². The van der Waals surface area contributed by atoms with Gasteiger partial charge in [0.05, 0.1) is 4.90 Å². The van der Waals surface area contributed by atoms with Crippen molar-refractivity contribution < 1.29 is 43.0 Å². The maximum atomic E-state index is 13.3. The van der Waals surface area contributed by atoms with Crippen LogP contribution in [0.2, 0.25) is 0 Å². The van der Waals surface area contributed by atoms with E-state index in [2.05, 4.69) is 0 Å². The van der Waals surface area contributed by atoms with Gasteiger partial charge >= 0.3 is 21.2 Å². The Kier molecular flexibility index (Phi) is 7.03. The second-order valence-electron chi connectivity index (χ2n) is 4.69. The maximum Gasteiger partial charge on any atom is 0.364 e. The number of halogens is 3. The summed E-state index contributed by atoms with van der Waals surface area (Å²) in [5, 5.41) is 0. The molecule has 7 heteroatoms. The molecule has 25 heavy (non-hydrogen) atoms. The Morgan fingerprint density at radius 1 is 0.680 bits per heavy atom. The number of benzene rings is 3. The minimum Gasteiger partial charge on any atom is -0.744 e. The molecule has 0 aromatic heterocycles. The highest BCUT2D eigenvalue weighted by molar-refractivity contribution is 7.85. The predicted molar refractivity (Wildman–Crippen MR) is 84.6 cm³/mol. The lowest BCUT2D eigenvalue weighted by Crippen LogP contribution is -3.62. The van der Waals surface area contributed by atoms with Crippen molar-refractivity contribution in [3.8, 4) is 0 Å². The Morgan fingerprint density at radius 2 is 1.08 bits per heavy atom. The van der Waals surface area contributed by atoms with Crippen molar-refractivity contribution in [1.29, 1.82) is 0 Å². The zero-order chi connectivity index (χ0) is 18.3. The smallest absolute Gasteiger partial charge is 0.364 e. The first kappa shape index (κ1) is 19.5. The second kappa shape index (κ2) is 9.02. The van der Waals surface area contributed by atoms with E-state index in [1.807, 2.05) is 0 Å². The summed E-state index contributed by atoms with van der Waals surface area (Å²) in [5.41, 5.74) is 0. The van der Waals surface area contributed by atoms with E-state index >= 15 is 0 Å². The lowest BCUT2D eigenvalue weighted by atomic mass is 10.4. The number of hydrogen-bond acceptors (Lipinski definition) is 3. The highest BCUT2D eigenvalue weighted by atomic mass is 127. The van der Waals surface area contributed by atoms with Gasteiger partial charge in [0.15, 0.2) is 11.6 Å². The fourth-order valence-electron chi connectivity index (χ4n) is 1.73. The van der Waals surface area contributed by atoms with Crippen LogP contribution in [0.5, 0.6) is 0 Å². The standard InChI is InChI=1S/C12H8F2I.C6H6O3S/c13-9-5-1-3-7-11(9)15-12-8-4-2-6-10(12)14;7-10(8,9)6-4-2-1-3-5-6/h1-8H;1-5H,(H,7,8,9)/q+1;/p-1. The Hall–Kier alpha value is -1.84. The van der Waals surface area contributed by atoms with E-state index in [0.29, 0.717) is 7.14 Å². The summed E-state index contributed by atoms with van der Waals surface area (Å²) in [6.07, 6.45) is 0. The molecule has 130 valence electrons. The van der Waals surface area contributed by atoms with Gasteiger partial charge in [-0.2, -0.15) is 0 Å². The van der Waals surface area contributed by atoms with Crippen molar-refractivity contribution in [2.24, 2.45) is 0 Å². The topological polar surface area (TPSA) is 57.2 Å². The van der Waals surface area contributed by atoms with Crippen molar-refractivity contribution in [3.63, 3.8) is 0 Å². The molecule has 0 atom stereocenters. The Balaban J connectivity index is 0.000000196. The van der Waals surface area contributed by atoms with Crippen LogP contribution in [0.15, 0.2) is 83.8 Å². The molecule has 3 nitrogen and oxygen atoms in total. The van der Waals surface area contributed by atoms with Crippen LogP contribution in [0.3, 0.4) is 0 Å². The molecule has 0 fully saturated rings. The number of rotatable bonds is 3. The summed E-state index contributed by atoms with van der Waals surface area (Å²) in [6, 6.07) is 20.3. The summed E-state index contributed by atoms with van der Waals surface area (Å²) in [5.74, 6) is -0.484. The van der Waals surface area contributed by atoms with Crippen LogP contribution in [0.25, 0.3) is 0 Å². The van der Waals surface area contributed by atoms with E-state index < -0.39 is 31.3 Å². The van der Waals surface area contributed by atoms with E-state index in [-0.39, 0.29) is 16.5 Å². The average Bonchev–Trinajstić information content (AvgIpc) is 2.59. The van der Waals surface area contributed by atoms with Gasteiger partial charge in [-0.3, -0.25) is 0 Å². The zero-order valence-electron chi connectivity index (χ0n) is 12.8. The number of hydrogen-bond donors (Lipinski definition) is 0. The third kappa shape index (κ3) is 6.18. The molecule has 0 unspecified atom stereocenters. The van der Waals surface area contributed by atoms with Gasteiger partial charge in [-0.1, -0.05) is 42.5 Å². The molecule has 0 aliphatic rings. The molecule has 0 radical (unpaired) electrons. The Bertz CT molecular complexity index is 888. The zero-order valence-corrected chi connectivity index (χ0v) is 15.7. The van der Waals surface area contributed by atoms with Crippen molar-refractivity contribution in [2.75, 3.05) is 0 Å². The first-order valence-electron chi connectivity index (χ1n) is 7.03. The summed E-state index contributed by atoms with van der Waals surface area (Å²) < 4.78 is 58.7. The van der Waals surface area contributed by atoms with E-state index in [0.717, 1.165) is 0 Å². The van der Waals surface area contributed by atoms with Gasteiger partial charge in [0.2, 0.25) is 7.14 Å². The minimum absolute atomic E-state index is 0.185. The molecule has 0 spiro atoms. The lowest BCUT2D eigenvalue weighted by molar-refractivity contribution is -0.603. The highest BCUT2D eigenvalue weighted by Gasteiger charge is 2.22. The van der Waals surface area contributed by atoms with Crippen LogP contribution in [0.4, 0.5) is 8.78 Å². The predicted octanol–water partition coefficient (Wildman–Crippen LogP) is 0.684. The normalized spacial score (nSPS) is 10.7. The monoisotopic (exact) mass is 474 g/mol. The molecule has 0 aliphatic carbocycles. The molecule has 3 aromatic carbocycles. The average molecular weight is 474 g/mol. The molecule has 0 saturated carbocycles. The summed E-state index contributed by atoms with van der Waals surface area (Å²) in [4.78, 5) is -0.185. The molecule has 3 aromatic rings. The third-order valence-electron chi connectivity index (χ3n) is 2.88. The van der Waals surface area contributed by atoms with Gasteiger partial charge in [0, 0.05) is 0 Å². The van der Waals surface area contributed by atoms with E-state index in [4.69, 9.17) is 0 Å². The quantitative estimate of drug-likeness (QED) is 0.415. The SMILES string of the molecule is Fc1ccccc1[I+]c1ccccc1F.O=S(=O)([O-])c1ccccc1. The van der Waals surface area contributed by atoms with Crippen LogP contribution in [-0.2, 0) is 10.1 Å². The molecular formula is C18H13F2IO3S. The Labute approximate surface area is 155 Å². The first-order chi connectivity index (χ1) is 11.9. The summed E-state index contributed by atoms with van der Waals surface area (Å²) in [7, 11) is -4.25. The van der Waals surface area contributed by atoms with Gasteiger partial charge < -0.3 is 4.55 Å². The second-order valence-corrected chi connectivity index (χ2v) is 8.93.